The van der Waals surface area contributed by atoms with Crippen molar-refractivity contribution in [2.45, 2.75) is 0 Å². The smallest absolute Gasteiger partial charge is 0.213 e. The van der Waals surface area contributed by atoms with Gasteiger partial charge in [0.25, 0.3) is 0 Å². The molecule has 0 heterocycles. The quantitative estimate of drug-likeness (QED) is 0.0579. The summed E-state index contributed by atoms with van der Waals surface area (Å²) in [5.41, 5.74) is 30.7. The predicted molar refractivity (Wildman–Crippen MR) is 254 cm³/mol. The molecule has 15 nitrogen and oxygen atoms in total. The van der Waals surface area contributed by atoms with E-state index in [1.54, 1.807) is 49.7 Å². The van der Waals surface area contributed by atoms with Gasteiger partial charge in [0.15, 0.2) is 10.2 Å². The first-order valence-electron chi connectivity index (χ1n) is 16.3. The predicted octanol–water partition coefficient (Wildman–Crippen LogP) is 4.00. The van der Waals surface area contributed by atoms with Gasteiger partial charge in [-0.15, -0.1) is 0 Å². The van der Waals surface area contributed by atoms with Crippen molar-refractivity contribution < 1.29 is 0 Å². The second kappa shape index (κ2) is 23.9. The molecule has 0 atom stereocenters. The van der Waals surface area contributed by atoms with E-state index in [2.05, 4.69) is 67.6 Å². The summed E-state index contributed by atoms with van der Waals surface area (Å²) in [4.78, 5) is 12.7. The standard InChI is InChI=1S/C37H33N15S5/c38-33(53)48-43-20-28-7-1-25(2-8-28)17-40-35(55)50-45-22-30-9-3-26(4-10-30)18-41-36(56)51-46-23-31-11-5-27(6-12-31)19-42-37(57)52-47-24-32-15-13-29(14-16-32)21-44-49-34(39)54/h1-24H,(H,50,55)(H,51,56)(H,52,57)(H3,38,48,53)(H3,39,49,54)/b40-17?,41-18?,42-19?,43-20+,44-21+,45-22+,46-23+,47-24+. The van der Waals surface area contributed by atoms with Crippen molar-refractivity contribution in [3.8, 4) is 0 Å². The van der Waals surface area contributed by atoms with Crippen LogP contribution in [0.3, 0.4) is 0 Å². The molecule has 0 saturated heterocycles. The number of nitrogens with two attached hydrogens (primary N) is 2. The van der Waals surface area contributed by atoms with Gasteiger partial charge in [-0.2, -0.15) is 25.5 Å². The number of nitrogens with zero attached hydrogens (tertiary/aromatic N) is 8. The lowest BCUT2D eigenvalue weighted by Gasteiger charge is -1.99. The third-order valence-corrected chi connectivity index (χ3v) is 7.41. The molecule has 0 aromatic heterocycles. The Balaban J connectivity index is 1.13. The lowest BCUT2D eigenvalue weighted by Crippen LogP contribution is -2.23. The second-order valence-corrected chi connectivity index (χ2v) is 13.0. The molecular weight excluding hydrogens is 815 g/mol. The highest BCUT2D eigenvalue weighted by Crippen LogP contribution is 2.04. The zero-order chi connectivity index (χ0) is 40.7. The van der Waals surface area contributed by atoms with Crippen molar-refractivity contribution in [2.24, 2.45) is 52.0 Å². The van der Waals surface area contributed by atoms with Crippen LogP contribution in [0.2, 0.25) is 0 Å². The fourth-order valence-corrected chi connectivity index (χ4v) is 4.41. The molecule has 0 fully saturated rings. The van der Waals surface area contributed by atoms with E-state index in [0.717, 1.165) is 44.5 Å². The van der Waals surface area contributed by atoms with Gasteiger partial charge in [-0.3, -0.25) is 27.1 Å². The maximum absolute atomic E-state index is 5.34. The third-order valence-electron chi connectivity index (χ3n) is 6.64. The molecule has 9 N–H and O–H groups in total. The summed E-state index contributed by atoms with van der Waals surface area (Å²) in [7, 11) is 0. The lowest BCUT2D eigenvalue weighted by atomic mass is 10.2. The number of benzene rings is 4. The van der Waals surface area contributed by atoms with Crippen LogP contribution in [0, 0.1) is 0 Å². The molecule has 4 aromatic rings. The van der Waals surface area contributed by atoms with E-state index in [1.807, 2.05) is 97.1 Å². The molecule has 0 aliphatic carbocycles. The van der Waals surface area contributed by atoms with Crippen LogP contribution in [0.5, 0.6) is 0 Å². The summed E-state index contributed by atoms with van der Waals surface area (Å²) < 4.78 is 0. The van der Waals surface area contributed by atoms with Crippen molar-refractivity contribution in [3.05, 3.63) is 142 Å². The van der Waals surface area contributed by atoms with Crippen molar-refractivity contribution in [1.82, 2.24) is 27.1 Å². The van der Waals surface area contributed by atoms with E-state index in [-0.39, 0.29) is 25.6 Å². The maximum Gasteiger partial charge on any atom is 0.213 e. The summed E-state index contributed by atoms with van der Waals surface area (Å²) in [6, 6.07) is 30.0. The first kappa shape index (κ1) is 43.0. The molecule has 0 bridgehead atoms. The van der Waals surface area contributed by atoms with Crippen LogP contribution >= 0.6 is 61.1 Å². The number of nitrogens with one attached hydrogen (secondary N) is 5. The number of rotatable bonds is 13. The molecular formula is C37H33N15S5. The highest BCUT2D eigenvalue weighted by molar-refractivity contribution is 7.81. The molecule has 4 aromatic carbocycles. The van der Waals surface area contributed by atoms with Gasteiger partial charge in [0.2, 0.25) is 15.3 Å². The number of hydrogen-bond donors (Lipinski definition) is 7. The average Bonchev–Trinajstić information content (AvgIpc) is 3.20. The summed E-state index contributed by atoms with van der Waals surface area (Å²) >= 11 is 25.1. The maximum atomic E-state index is 5.34. The zero-order valence-electron chi connectivity index (χ0n) is 29.6. The van der Waals surface area contributed by atoms with Crippen LogP contribution in [0.15, 0.2) is 138 Å². The number of hydrazone groups is 5. The van der Waals surface area contributed by atoms with Gasteiger partial charge < -0.3 is 11.5 Å². The van der Waals surface area contributed by atoms with E-state index in [9.17, 15) is 0 Å². The summed E-state index contributed by atoms with van der Waals surface area (Å²) in [6.45, 7) is 0. The minimum absolute atomic E-state index is 0.0961. The average molecular weight is 848 g/mol. The van der Waals surface area contributed by atoms with Gasteiger partial charge in [0, 0.05) is 18.6 Å². The third kappa shape index (κ3) is 18.0. The Morgan fingerprint density at radius 2 is 0.491 bits per heavy atom. The molecule has 57 heavy (non-hydrogen) atoms. The molecule has 4 rings (SSSR count). The van der Waals surface area contributed by atoms with Gasteiger partial charge in [-0.25, -0.2) is 15.0 Å². The first-order valence-corrected chi connectivity index (χ1v) is 18.3. The molecule has 20 heteroatoms. The molecule has 0 spiro atoms. The molecule has 0 aliphatic heterocycles. The molecule has 286 valence electrons. The lowest BCUT2D eigenvalue weighted by molar-refractivity contribution is 1.04. The Kier molecular flexibility index (Phi) is 18.1. The fraction of sp³-hybridized carbons (Fsp3) is 0. The van der Waals surface area contributed by atoms with Crippen molar-refractivity contribution >= 4 is 136 Å². The van der Waals surface area contributed by atoms with Crippen LogP contribution in [0.25, 0.3) is 0 Å². The Morgan fingerprint density at radius 1 is 0.316 bits per heavy atom. The first-order chi connectivity index (χ1) is 27.6. The van der Waals surface area contributed by atoms with Crippen LogP contribution in [-0.2, 0) is 0 Å². The molecule has 0 saturated carbocycles. The van der Waals surface area contributed by atoms with Gasteiger partial charge in [-0.05, 0) is 106 Å². The van der Waals surface area contributed by atoms with E-state index in [0.29, 0.717) is 0 Å². The van der Waals surface area contributed by atoms with Gasteiger partial charge in [-0.1, -0.05) is 97.1 Å². The molecule has 0 amide bonds. The van der Waals surface area contributed by atoms with E-state index in [4.69, 9.17) is 72.6 Å². The van der Waals surface area contributed by atoms with E-state index in [1.165, 1.54) is 0 Å². The van der Waals surface area contributed by atoms with Crippen molar-refractivity contribution in [3.63, 3.8) is 0 Å². The monoisotopic (exact) mass is 847 g/mol. The summed E-state index contributed by atoms with van der Waals surface area (Å²) in [5.74, 6) is 0. The second-order valence-electron chi connectivity index (χ2n) is 10.9. The Bertz CT molecular complexity index is 2260. The molecule has 0 aliphatic rings. The number of aliphatic imine (C=N–C) groups is 3. The van der Waals surface area contributed by atoms with E-state index < -0.39 is 0 Å². The topological polar surface area (TPSA) is 211 Å². The molecule has 0 radical (unpaired) electrons. The normalized spacial score (nSPS) is 11.8. The summed E-state index contributed by atoms with van der Waals surface area (Å²) in [5, 5.41) is 21.1. The van der Waals surface area contributed by atoms with Gasteiger partial charge >= 0.3 is 0 Å². The largest absolute Gasteiger partial charge is 0.375 e. The molecule has 0 unspecified atom stereocenters. The van der Waals surface area contributed by atoms with Gasteiger partial charge in [0.1, 0.15) is 0 Å². The van der Waals surface area contributed by atoms with Crippen LogP contribution < -0.4 is 38.6 Å². The van der Waals surface area contributed by atoms with E-state index >= 15 is 0 Å². The Labute approximate surface area is 355 Å². The van der Waals surface area contributed by atoms with Crippen molar-refractivity contribution in [2.75, 3.05) is 0 Å². The van der Waals surface area contributed by atoms with Crippen LogP contribution in [0.4, 0.5) is 0 Å². The minimum atomic E-state index is 0.0961. The van der Waals surface area contributed by atoms with Crippen LogP contribution in [-0.4, -0.2) is 75.3 Å². The summed E-state index contributed by atoms with van der Waals surface area (Å²) in [6.07, 6.45) is 13.0. The number of thiocarbonyl (C=S) groups is 5. The Morgan fingerprint density at radius 3 is 0.684 bits per heavy atom. The minimum Gasteiger partial charge on any atom is -0.375 e. The fourth-order valence-electron chi connectivity index (χ4n) is 3.99. The Hall–Kier alpha value is -6.71. The highest BCUT2D eigenvalue weighted by Gasteiger charge is 1.97. The van der Waals surface area contributed by atoms with Crippen molar-refractivity contribution in [1.29, 1.82) is 0 Å². The van der Waals surface area contributed by atoms with Gasteiger partial charge in [0.05, 0.1) is 31.1 Å². The highest BCUT2D eigenvalue weighted by atomic mass is 32.1. The van der Waals surface area contributed by atoms with Crippen LogP contribution in [0.1, 0.15) is 44.5 Å². The number of hydrogen-bond acceptors (Lipinski definition) is 10. The SMILES string of the molecule is NC(=S)N/N=C/c1ccc(C=NC(=S)N/N=C/c2ccc(C=NC(=S)N/N=C/c3ccc(C=NC(=S)N/N=C/c4ccc(/C=N/NC(N)=S)cc4)cc3)cc2)cc1. The zero-order valence-corrected chi connectivity index (χ0v) is 33.7.